The zero-order valence-corrected chi connectivity index (χ0v) is 15.6. The van der Waals surface area contributed by atoms with Crippen molar-refractivity contribution in [2.45, 2.75) is 32.7 Å². The molecule has 0 atom stereocenters. The molecule has 2 rings (SSSR count). The van der Waals surface area contributed by atoms with Gasteiger partial charge in [0.25, 0.3) is 11.8 Å². The Hall–Kier alpha value is -2.14. The summed E-state index contributed by atoms with van der Waals surface area (Å²) in [6.07, 6.45) is 0.847. The van der Waals surface area contributed by atoms with Crippen LogP contribution >= 0.6 is 15.9 Å². The standard InChI is InChI=1S/C19H21BrN2O2/c1-4-19(2,3)22-18(24)14-7-11-16(12-8-14)21-17(23)13-5-9-15(20)10-6-13/h5-12H,4H2,1-3H3,(H,21,23)(H,22,24). The van der Waals surface area contributed by atoms with Crippen molar-refractivity contribution in [3.05, 3.63) is 64.1 Å². The minimum atomic E-state index is -0.244. The molecule has 2 amide bonds. The van der Waals surface area contributed by atoms with Gasteiger partial charge in [-0.15, -0.1) is 0 Å². The molecule has 0 fully saturated rings. The van der Waals surface area contributed by atoms with Gasteiger partial charge in [-0.25, -0.2) is 0 Å². The summed E-state index contributed by atoms with van der Waals surface area (Å²) in [5, 5.41) is 5.80. The lowest BCUT2D eigenvalue weighted by atomic mass is 10.0. The van der Waals surface area contributed by atoms with E-state index in [1.807, 2.05) is 32.9 Å². The summed E-state index contributed by atoms with van der Waals surface area (Å²) in [6, 6.07) is 14.0. The quantitative estimate of drug-likeness (QED) is 0.784. The molecule has 2 N–H and O–H groups in total. The summed E-state index contributed by atoms with van der Waals surface area (Å²) in [4.78, 5) is 24.4. The van der Waals surface area contributed by atoms with Gasteiger partial charge in [-0.1, -0.05) is 22.9 Å². The van der Waals surface area contributed by atoms with Crippen molar-refractivity contribution in [1.82, 2.24) is 5.32 Å². The minimum absolute atomic E-state index is 0.118. The lowest BCUT2D eigenvalue weighted by Gasteiger charge is -2.24. The van der Waals surface area contributed by atoms with Crippen molar-refractivity contribution >= 4 is 33.4 Å². The molecule has 0 aliphatic heterocycles. The van der Waals surface area contributed by atoms with Crippen LogP contribution in [0.5, 0.6) is 0 Å². The van der Waals surface area contributed by atoms with Crippen molar-refractivity contribution in [3.8, 4) is 0 Å². The normalized spacial score (nSPS) is 11.0. The summed E-state index contributed by atoms with van der Waals surface area (Å²) >= 11 is 3.34. The highest BCUT2D eigenvalue weighted by atomic mass is 79.9. The average molecular weight is 389 g/mol. The molecule has 5 heteroatoms. The summed E-state index contributed by atoms with van der Waals surface area (Å²) in [6.45, 7) is 6.00. The van der Waals surface area contributed by atoms with Gasteiger partial charge in [-0.05, 0) is 68.8 Å². The van der Waals surface area contributed by atoms with Crippen molar-refractivity contribution < 1.29 is 9.59 Å². The first kappa shape index (κ1) is 18.2. The average Bonchev–Trinajstić information content (AvgIpc) is 2.55. The molecule has 2 aromatic carbocycles. The maximum absolute atomic E-state index is 12.2. The maximum Gasteiger partial charge on any atom is 0.255 e. The van der Waals surface area contributed by atoms with E-state index >= 15 is 0 Å². The Morgan fingerprint density at radius 1 is 0.917 bits per heavy atom. The van der Waals surface area contributed by atoms with Gasteiger partial charge in [0.15, 0.2) is 0 Å². The largest absolute Gasteiger partial charge is 0.347 e. The molecule has 0 aromatic heterocycles. The number of carbonyl (C=O) groups excluding carboxylic acids is 2. The second kappa shape index (κ2) is 7.62. The molecule has 0 radical (unpaired) electrons. The van der Waals surface area contributed by atoms with E-state index in [9.17, 15) is 9.59 Å². The van der Waals surface area contributed by atoms with Crippen LogP contribution in [0.15, 0.2) is 53.0 Å². The van der Waals surface area contributed by atoms with Gasteiger partial charge in [-0.3, -0.25) is 9.59 Å². The van der Waals surface area contributed by atoms with E-state index in [-0.39, 0.29) is 17.4 Å². The molecule has 24 heavy (non-hydrogen) atoms. The summed E-state index contributed by atoms with van der Waals surface area (Å²) in [5.41, 5.74) is 1.54. The van der Waals surface area contributed by atoms with Crippen LogP contribution in [0.3, 0.4) is 0 Å². The third-order valence-corrected chi connectivity index (χ3v) is 4.38. The predicted molar refractivity (Wildman–Crippen MR) is 100 cm³/mol. The van der Waals surface area contributed by atoms with Gasteiger partial charge in [0.05, 0.1) is 0 Å². The van der Waals surface area contributed by atoms with E-state index in [2.05, 4.69) is 26.6 Å². The lowest BCUT2D eigenvalue weighted by Crippen LogP contribution is -2.42. The van der Waals surface area contributed by atoms with Crippen LogP contribution in [0.1, 0.15) is 47.9 Å². The first-order valence-electron chi connectivity index (χ1n) is 7.80. The summed E-state index contributed by atoms with van der Waals surface area (Å²) in [5.74, 6) is -0.306. The molecule has 0 spiro atoms. The minimum Gasteiger partial charge on any atom is -0.347 e. The molecule has 0 saturated carbocycles. The fraction of sp³-hybridized carbons (Fsp3) is 0.263. The number of hydrogen-bond donors (Lipinski definition) is 2. The Bertz CT molecular complexity index is 722. The van der Waals surface area contributed by atoms with Gasteiger partial charge < -0.3 is 10.6 Å². The molecule has 2 aromatic rings. The fourth-order valence-corrected chi connectivity index (χ4v) is 2.24. The second-order valence-electron chi connectivity index (χ2n) is 6.23. The molecule has 0 saturated heterocycles. The number of carbonyl (C=O) groups is 2. The Labute approximate surface area is 150 Å². The first-order valence-corrected chi connectivity index (χ1v) is 8.59. The topological polar surface area (TPSA) is 58.2 Å². The summed E-state index contributed by atoms with van der Waals surface area (Å²) in [7, 11) is 0. The zero-order chi connectivity index (χ0) is 17.7. The highest BCUT2D eigenvalue weighted by Gasteiger charge is 2.18. The van der Waals surface area contributed by atoms with Crippen molar-refractivity contribution in [1.29, 1.82) is 0 Å². The second-order valence-corrected chi connectivity index (χ2v) is 7.15. The van der Waals surface area contributed by atoms with Gasteiger partial charge in [0.2, 0.25) is 0 Å². The maximum atomic E-state index is 12.2. The number of nitrogens with one attached hydrogen (secondary N) is 2. The van der Waals surface area contributed by atoms with Crippen LogP contribution < -0.4 is 10.6 Å². The van der Waals surface area contributed by atoms with Crippen molar-refractivity contribution in [2.75, 3.05) is 5.32 Å². The van der Waals surface area contributed by atoms with Crippen LogP contribution in [0.25, 0.3) is 0 Å². The monoisotopic (exact) mass is 388 g/mol. The molecule has 0 heterocycles. The number of benzene rings is 2. The SMILES string of the molecule is CCC(C)(C)NC(=O)c1ccc(NC(=O)c2ccc(Br)cc2)cc1. The number of rotatable bonds is 5. The molecule has 0 aliphatic rings. The molecule has 4 nitrogen and oxygen atoms in total. The molecule has 0 aliphatic carbocycles. The Morgan fingerprint density at radius 3 is 1.96 bits per heavy atom. The Morgan fingerprint density at radius 2 is 1.42 bits per heavy atom. The molecular formula is C19H21BrN2O2. The highest BCUT2D eigenvalue weighted by molar-refractivity contribution is 9.10. The van der Waals surface area contributed by atoms with E-state index in [0.717, 1.165) is 10.9 Å². The predicted octanol–water partition coefficient (Wildman–Crippen LogP) is 4.62. The van der Waals surface area contributed by atoms with Crippen LogP contribution in [0, 0.1) is 0 Å². The Balaban J connectivity index is 2.03. The van der Waals surface area contributed by atoms with Crippen LogP contribution in [-0.4, -0.2) is 17.4 Å². The van der Waals surface area contributed by atoms with Crippen LogP contribution in [-0.2, 0) is 0 Å². The number of hydrogen-bond acceptors (Lipinski definition) is 2. The van der Waals surface area contributed by atoms with E-state index in [0.29, 0.717) is 16.8 Å². The van der Waals surface area contributed by atoms with Crippen LogP contribution in [0.2, 0.25) is 0 Å². The first-order chi connectivity index (χ1) is 11.3. The molecule has 0 bridgehead atoms. The third kappa shape index (κ3) is 4.93. The van der Waals surface area contributed by atoms with Crippen LogP contribution in [0.4, 0.5) is 5.69 Å². The summed E-state index contributed by atoms with van der Waals surface area (Å²) < 4.78 is 0.921. The van der Waals surface area contributed by atoms with Gasteiger partial charge in [-0.2, -0.15) is 0 Å². The number of halogens is 1. The van der Waals surface area contributed by atoms with E-state index in [1.54, 1.807) is 36.4 Å². The smallest absolute Gasteiger partial charge is 0.255 e. The van der Waals surface area contributed by atoms with Gasteiger partial charge in [0, 0.05) is 26.8 Å². The van der Waals surface area contributed by atoms with E-state index < -0.39 is 0 Å². The Kier molecular flexibility index (Phi) is 5.78. The molecule has 0 unspecified atom stereocenters. The fourth-order valence-electron chi connectivity index (χ4n) is 1.98. The number of anilines is 1. The van der Waals surface area contributed by atoms with Gasteiger partial charge in [0.1, 0.15) is 0 Å². The van der Waals surface area contributed by atoms with Crippen molar-refractivity contribution in [3.63, 3.8) is 0 Å². The van der Waals surface area contributed by atoms with E-state index in [1.165, 1.54) is 0 Å². The zero-order valence-electron chi connectivity index (χ0n) is 14.0. The van der Waals surface area contributed by atoms with Gasteiger partial charge >= 0.3 is 0 Å². The van der Waals surface area contributed by atoms with Crippen molar-refractivity contribution in [2.24, 2.45) is 0 Å². The molecule has 126 valence electrons. The van der Waals surface area contributed by atoms with E-state index in [4.69, 9.17) is 0 Å². The number of amides is 2. The highest BCUT2D eigenvalue weighted by Crippen LogP contribution is 2.15. The molecular weight excluding hydrogens is 368 g/mol. The lowest BCUT2D eigenvalue weighted by molar-refractivity contribution is 0.0911. The third-order valence-electron chi connectivity index (χ3n) is 3.85.